The third-order valence-corrected chi connectivity index (χ3v) is 2.33. The molecule has 2 rings (SSSR count). The molecular weight excluding hydrogens is 222 g/mol. The summed E-state index contributed by atoms with van der Waals surface area (Å²) in [6.07, 6.45) is 3.58. The molecule has 0 radical (unpaired) electrons. The minimum Gasteiger partial charge on any atom is -0.367 e. The summed E-state index contributed by atoms with van der Waals surface area (Å²) in [6, 6.07) is 0.410. The van der Waals surface area contributed by atoms with Gasteiger partial charge in [-0.2, -0.15) is 0 Å². The normalized spacial score (nSPS) is 15.3. The largest absolute Gasteiger partial charge is 0.367 e. The van der Waals surface area contributed by atoms with E-state index in [0.29, 0.717) is 17.4 Å². The van der Waals surface area contributed by atoms with Crippen molar-refractivity contribution in [1.82, 2.24) is 9.97 Å². The lowest BCUT2D eigenvalue weighted by Gasteiger charge is -2.06. The van der Waals surface area contributed by atoms with Crippen molar-refractivity contribution in [3.8, 4) is 0 Å². The monoisotopic (exact) mass is 229 g/mol. The summed E-state index contributed by atoms with van der Waals surface area (Å²) in [4.78, 5) is 18.8. The molecule has 74 valence electrons. The lowest BCUT2D eigenvalue weighted by Crippen LogP contribution is -2.08. The first-order valence-corrected chi connectivity index (χ1v) is 5.01. The van der Waals surface area contributed by atoms with Crippen LogP contribution in [0.4, 0.5) is 5.82 Å². The Labute approximate surface area is 91.5 Å². The molecule has 4 nitrogen and oxygen atoms in total. The van der Waals surface area contributed by atoms with Gasteiger partial charge in [0.2, 0.25) is 10.4 Å². The highest BCUT2D eigenvalue weighted by Gasteiger charge is 2.23. The van der Waals surface area contributed by atoms with E-state index in [0.717, 1.165) is 12.8 Å². The van der Waals surface area contributed by atoms with Crippen molar-refractivity contribution in [3.05, 3.63) is 17.0 Å². The van der Waals surface area contributed by atoms with Crippen LogP contribution in [0.25, 0.3) is 0 Å². The van der Waals surface area contributed by atoms with Gasteiger partial charge in [-0.25, -0.2) is 9.97 Å². The van der Waals surface area contributed by atoms with E-state index in [1.807, 2.05) is 0 Å². The molecule has 1 aromatic rings. The second-order valence-electron chi connectivity index (χ2n) is 3.13. The van der Waals surface area contributed by atoms with Crippen LogP contribution in [-0.4, -0.2) is 21.1 Å². The Morgan fingerprint density at radius 1 is 1.64 bits per heavy atom. The first-order valence-electron chi connectivity index (χ1n) is 4.19. The van der Waals surface area contributed by atoms with Gasteiger partial charge in [0.25, 0.3) is 0 Å². The quantitative estimate of drug-likeness (QED) is 0.613. The fourth-order valence-corrected chi connectivity index (χ4v) is 1.34. The summed E-state index contributed by atoms with van der Waals surface area (Å²) in [5, 5.41) is 2.88. The Morgan fingerprint density at radius 3 is 2.93 bits per heavy atom. The van der Waals surface area contributed by atoms with Gasteiger partial charge < -0.3 is 5.32 Å². The van der Waals surface area contributed by atoms with Crippen molar-refractivity contribution >= 4 is 35.2 Å². The smallest absolute Gasteiger partial charge is 0.224 e. The summed E-state index contributed by atoms with van der Waals surface area (Å²) in [5.41, 5.74) is 0.365. The topological polar surface area (TPSA) is 54.9 Å². The third kappa shape index (κ3) is 2.16. The van der Waals surface area contributed by atoms with Gasteiger partial charge in [0.05, 0.1) is 5.56 Å². The Morgan fingerprint density at radius 2 is 2.36 bits per heavy atom. The SMILES string of the molecule is O=C(S)c1cnc(Cl)nc1NC1CC1. The second kappa shape index (κ2) is 3.74. The number of aromatic nitrogens is 2. The van der Waals surface area contributed by atoms with Crippen LogP contribution < -0.4 is 5.32 Å². The highest BCUT2D eigenvalue weighted by molar-refractivity contribution is 7.97. The molecule has 0 aliphatic heterocycles. The van der Waals surface area contributed by atoms with E-state index in [4.69, 9.17) is 11.6 Å². The Bertz CT molecular complexity index is 381. The summed E-state index contributed by atoms with van der Waals surface area (Å²) in [6.45, 7) is 0. The van der Waals surface area contributed by atoms with Crippen molar-refractivity contribution in [2.45, 2.75) is 18.9 Å². The number of anilines is 1. The molecule has 1 fully saturated rings. The third-order valence-electron chi connectivity index (χ3n) is 1.91. The Kier molecular flexibility index (Phi) is 2.60. The van der Waals surface area contributed by atoms with Gasteiger partial charge >= 0.3 is 0 Å². The average Bonchev–Trinajstić information content (AvgIpc) is 2.87. The minimum atomic E-state index is -0.357. The molecule has 1 aliphatic rings. The van der Waals surface area contributed by atoms with Crippen molar-refractivity contribution in [2.24, 2.45) is 0 Å². The van der Waals surface area contributed by atoms with E-state index in [-0.39, 0.29) is 10.4 Å². The molecule has 0 atom stereocenters. The molecule has 0 saturated heterocycles. The maximum absolute atomic E-state index is 11.1. The fraction of sp³-hybridized carbons (Fsp3) is 0.375. The Balaban J connectivity index is 2.31. The molecule has 0 aromatic carbocycles. The molecule has 1 aliphatic carbocycles. The zero-order valence-corrected chi connectivity index (χ0v) is 8.85. The standard InChI is InChI=1S/C8H8ClN3OS/c9-8-10-3-5(7(13)14)6(12-8)11-4-1-2-4/h3-4H,1-2H2,(H,13,14)(H,10,11,12). The van der Waals surface area contributed by atoms with E-state index in [9.17, 15) is 4.79 Å². The molecule has 0 bridgehead atoms. The van der Waals surface area contributed by atoms with E-state index in [2.05, 4.69) is 27.9 Å². The van der Waals surface area contributed by atoms with E-state index in [1.165, 1.54) is 6.20 Å². The number of hydrogen-bond donors (Lipinski definition) is 2. The maximum atomic E-state index is 11.1. The number of carbonyl (C=O) groups excluding carboxylic acids is 1. The average molecular weight is 230 g/mol. The van der Waals surface area contributed by atoms with Crippen molar-refractivity contribution in [1.29, 1.82) is 0 Å². The van der Waals surface area contributed by atoms with Crippen LogP contribution in [0.1, 0.15) is 23.2 Å². The highest BCUT2D eigenvalue weighted by Crippen LogP contribution is 2.26. The molecule has 0 amide bonds. The van der Waals surface area contributed by atoms with E-state index < -0.39 is 0 Å². The van der Waals surface area contributed by atoms with Crippen LogP contribution >= 0.6 is 24.2 Å². The number of nitrogens with zero attached hydrogens (tertiary/aromatic N) is 2. The summed E-state index contributed by atoms with van der Waals surface area (Å²) in [5.74, 6) is 0.479. The van der Waals surface area contributed by atoms with Crippen molar-refractivity contribution in [3.63, 3.8) is 0 Å². The first kappa shape index (κ1) is 9.73. The number of rotatable bonds is 3. The summed E-state index contributed by atoms with van der Waals surface area (Å²) in [7, 11) is 0. The van der Waals surface area contributed by atoms with Crippen LogP contribution in [-0.2, 0) is 0 Å². The van der Waals surface area contributed by atoms with Gasteiger partial charge in [-0.05, 0) is 24.4 Å². The van der Waals surface area contributed by atoms with Gasteiger partial charge in [-0.1, -0.05) is 0 Å². The summed E-state index contributed by atoms with van der Waals surface area (Å²) < 4.78 is 0. The molecule has 0 spiro atoms. The fourth-order valence-electron chi connectivity index (χ4n) is 1.05. The molecule has 6 heteroatoms. The van der Waals surface area contributed by atoms with Crippen LogP contribution in [0.3, 0.4) is 0 Å². The molecule has 1 aromatic heterocycles. The number of hydrogen-bond acceptors (Lipinski definition) is 4. The van der Waals surface area contributed by atoms with Gasteiger partial charge in [-0.15, -0.1) is 12.6 Å². The van der Waals surface area contributed by atoms with Gasteiger partial charge in [0, 0.05) is 12.2 Å². The van der Waals surface area contributed by atoms with Gasteiger partial charge in [0.15, 0.2) is 0 Å². The van der Waals surface area contributed by atoms with Gasteiger partial charge in [0.1, 0.15) is 5.82 Å². The van der Waals surface area contributed by atoms with E-state index >= 15 is 0 Å². The molecule has 1 N–H and O–H groups in total. The van der Waals surface area contributed by atoms with Crippen molar-refractivity contribution in [2.75, 3.05) is 5.32 Å². The lowest BCUT2D eigenvalue weighted by molar-refractivity contribution is 0.109. The molecule has 14 heavy (non-hydrogen) atoms. The van der Waals surface area contributed by atoms with Crippen molar-refractivity contribution < 1.29 is 4.79 Å². The van der Waals surface area contributed by atoms with Crippen LogP contribution in [0.5, 0.6) is 0 Å². The lowest BCUT2D eigenvalue weighted by atomic mass is 10.3. The van der Waals surface area contributed by atoms with Crippen LogP contribution in [0.15, 0.2) is 6.20 Å². The zero-order chi connectivity index (χ0) is 10.1. The predicted molar refractivity (Wildman–Crippen MR) is 57.0 cm³/mol. The minimum absolute atomic E-state index is 0.131. The number of nitrogens with one attached hydrogen (secondary N) is 1. The molecule has 1 heterocycles. The van der Waals surface area contributed by atoms with Crippen LogP contribution in [0, 0.1) is 0 Å². The van der Waals surface area contributed by atoms with Gasteiger partial charge in [-0.3, -0.25) is 4.79 Å². The molecule has 0 unspecified atom stereocenters. The van der Waals surface area contributed by atoms with Crippen LogP contribution in [0.2, 0.25) is 5.28 Å². The second-order valence-corrected chi connectivity index (χ2v) is 3.87. The number of carbonyl (C=O) groups is 1. The number of thiol groups is 1. The number of halogens is 1. The van der Waals surface area contributed by atoms with E-state index in [1.54, 1.807) is 0 Å². The summed E-state index contributed by atoms with van der Waals surface area (Å²) >= 11 is 9.36. The Hall–Kier alpha value is -0.810. The highest BCUT2D eigenvalue weighted by atomic mass is 35.5. The predicted octanol–water partition coefficient (Wildman–Crippen LogP) is 1.77. The molecular formula is C8H8ClN3OS. The zero-order valence-electron chi connectivity index (χ0n) is 7.20. The molecule has 1 saturated carbocycles. The maximum Gasteiger partial charge on any atom is 0.224 e. The first-order chi connectivity index (χ1) is 6.66.